The molecule has 0 heterocycles. The second-order valence-electron chi connectivity index (χ2n) is 12.4. The number of halogens is 9. The molecule has 0 saturated heterocycles. The van der Waals surface area contributed by atoms with E-state index in [1.54, 1.807) is 17.0 Å². The van der Waals surface area contributed by atoms with Crippen LogP contribution in [0.15, 0.2) is 158 Å². The highest BCUT2D eigenvalue weighted by atomic mass is 19.4. The molecule has 0 unspecified atom stereocenters. The van der Waals surface area contributed by atoms with Crippen LogP contribution in [0.25, 0.3) is 44.2 Å². The fourth-order valence-corrected chi connectivity index (χ4v) is 6.33. The molecule has 0 aliphatic carbocycles. The Kier molecular flexibility index (Phi) is 9.01. The van der Waals surface area contributed by atoms with Crippen molar-refractivity contribution in [2.75, 3.05) is 4.90 Å². The highest BCUT2D eigenvalue weighted by molar-refractivity contribution is 6.02. The van der Waals surface area contributed by atoms with Crippen LogP contribution in [0.2, 0.25) is 0 Å². The summed E-state index contributed by atoms with van der Waals surface area (Å²) in [6, 6.07) is 40.5. The Morgan fingerprint density at radius 2 is 0.830 bits per heavy atom. The standard InChI is InChI=1S/C43H26F9N/c44-41(45,46)33-15-18-36(19-16-33)53(37-13-7-12-29(23-37)32-21-34(42(47,48)49)25-35(22-32)43(50,51)52)38-17-14-30-20-31(27-8-3-1-4-9-27)24-39(40(30)26-38)28-10-5-2-6-11-28/h1-26H. The first-order valence-corrected chi connectivity index (χ1v) is 16.2. The van der Waals surface area contributed by atoms with Gasteiger partial charge in [-0.25, -0.2) is 0 Å². The second kappa shape index (κ2) is 13.5. The molecule has 0 spiro atoms. The molecule has 0 bridgehead atoms. The van der Waals surface area contributed by atoms with Crippen molar-refractivity contribution in [3.63, 3.8) is 0 Å². The van der Waals surface area contributed by atoms with Crippen LogP contribution in [0.5, 0.6) is 0 Å². The van der Waals surface area contributed by atoms with E-state index < -0.39 is 35.2 Å². The Balaban J connectivity index is 1.43. The van der Waals surface area contributed by atoms with E-state index in [-0.39, 0.29) is 28.6 Å². The number of hydrogen-bond acceptors (Lipinski definition) is 1. The molecule has 7 aromatic rings. The minimum absolute atomic E-state index is 0.0364. The van der Waals surface area contributed by atoms with Crippen LogP contribution in [0.3, 0.4) is 0 Å². The molecule has 0 aliphatic heterocycles. The molecule has 0 amide bonds. The lowest BCUT2D eigenvalue weighted by Crippen LogP contribution is -2.12. The van der Waals surface area contributed by atoms with Crippen molar-refractivity contribution in [1.82, 2.24) is 0 Å². The molecule has 0 N–H and O–H groups in total. The third-order valence-corrected chi connectivity index (χ3v) is 8.87. The molecule has 0 radical (unpaired) electrons. The fourth-order valence-electron chi connectivity index (χ4n) is 6.33. The van der Waals surface area contributed by atoms with Crippen LogP contribution in [-0.4, -0.2) is 0 Å². The molecule has 0 fully saturated rings. The van der Waals surface area contributed by atoms with Gasteiger partial charge < -0.3 is 4.90 Å². The zero-order chi connectivity index (χ0) is 37.5. The molecule has 266 valence electrons. The third-order valence-electron chi connectivity index (χ3n) is 8.87. The average molecular weight is 728 g/mol. The molecule has 0 saturated carbocycles. The van der Waals surface area contributed by atoms with Crippen molar-refractivity contribution in [3.8, 4) is 33.4 Å². The Bertz CT molecular complexity index is 2360. The summed E-state index contributed by atoms with van der Waals surface area (Å²) in [5, 5.41) is 1.66. The lowest BCUT2D eigenvalue weighted by Gasteiger charge is -2.27. The van der Waals surface area contributed by atoms with Crippen LogP contribution < -0.4 is 4.90 Å². The summed E-state index contributed by atoms with van der Waals surface area (Å²) < 4.78 is 123. The van der Waals surface area contributed by atoms with Crippen LogP contribution >= 0.6 is 0 Å². The van der Waals surface area contributed by atoms with E-state index in [1.807, 2.05) is 84.9 Å². The number of alkyl halides is 9. The quantitative estimate of drug-likeness (QED) is 0.154. The van der Waals surface area contributed by atoms with Gasteiger partial charge in [-0.05, 0) is 123 Å². The van der Waals surface area contributed by atoms with Crippen molar-refractivity contribution in [1.29, 1.82) is 0 Å². The summed E-state index contributed by atoms with van der Waals surface area (Å²) in [5.41, 5.74) is 0.638. The topological polar surface area (TPSA) is 3.24 Å². The molecule has 7 aromatic carbocycles. The monoisotopic (exact) mass is 727 g/mol. The third kappa shape index (κ3) is 7.48. The normalized spacial score (nSPS) is 12.2. The van der Waals surface area contributed by atoms with E-state index in [0.29, 0.717) is 17.8 Å². The Morgan fingerprint density at radius 1 is 0.321 bits per heavy atom. The van der Waals surface area contributed by atoms with Crippen molar-refractivity contribution < 1.29 is 39.5 Å². The number of fused-ring (bicyclic) bond motifs is 1. The Hall–Kier alpha value is -6.03. The number of benzene rings is 7. The summed E-state index contributed by atoms with van der Waals surface area (Å²) in [6.45, 7) is 0. The Labute approximate surface area is 298 Å². The molecular weight excluding hydrogens is 701 g/mol. The van der Waals surface area contributed by atoms with Gasteiger partial charge in [-0.1, -0.05) is 78.9 Å². The van der Waals surface area contributed by atoms with Crippen molar-refractivity contribution in [2.45, 2.75) is 18.5 Å². The zero-order valence-electron chi connectivity index (χ0n) is 27.4. The van der Waals surface area contributed by atoms with Gasteiger partial charge in [0.1, 0.15) is 0 Å². The minimum atomic E-state index is -5.05. The largest absolute Gasteiger partial charge is 0.416 e. The summed E-state index contributed by atoms with van der Waals surface area (Å²) in [6.07, 6.45) is -14.7. The van der Waals surface area contributed by atoms with Crippen LogP contribution in [0.4, 0.5) is 56.6 Å². The molecule has 10 heteroatoms. The van der Waals surface area contributed by atoms with E-state index in [9.17, 15) is 39.5 Å². The van der Waals surface area contributed by atoms with E-state index in [1.165, 1.54) is 30.3 Å². The molecule has 0 aliphatic rings. The number of anilines is 3. The van der Waals surface area contributed by atoms with Gasteiger partial charge in [0.15, 0.2) is 0 Å². The summed E-state index contributed by atoms with van der Waals surface area (Å²) >= 11 is 0. The predicted molar refractivity (Wildman–Crippen MR) is 190 cm³/mol. The summed E-state index contributed by atoms with van der Waals surface area (Å²) in [5.74, 6) is 0. The SMILES string of the molecule is FC(F)(F)c1ccc(N(c2cccc(-c3cc(C(F)(F)F)cc(C(F)(F)F)c3)c2)c2ccc3cc(-c4ccccc4)cc(-c4ccccc4)c3c2)cc1. The maximum atomic E-state index is 13.8. The number of hydrogen-bond donors (Lipinski definition) is 0. The highest BCUT2D eigenvalue weighted by Crippen LogP contribution is 2.44. The smallest absolute Gasteiger partial charge is 0.310 e. The number of nitrogens with zero attached hydrogens (tertiary/aromatic N) is 1. The van der Waals surface area contributed by atoms with Crippen LogP contribution in [0.1, 0.15) is 16.7 Å². The van der Waals surface area contributed by atoms with Crippen LogP contribution in [-0.2, 0) is 18.5 Å². The fraction of sp³-hybridized carbons (Fsp3) is 0.0698. The van der Waals surface area contributed by atoms with Crippen LogP contribution in [0, 0.1) is 0 Å². The predicted octanol–water partition coefficient (Wildman–Crippen LogP) is 14.4. The molecule has 1 nitrogen and oxygen atoms in total. The summed E-state index contributed by atoms with van der Waals surface area (Å²) in [4.78, 5) is 1.61. The maximum Gasteiger partial charge on any atom is 0.416 e. The van der Waals surface area contributed by atoms with Crippen molar-refractivity contribution in [2.24, 2.45) is 0 Å². The van der Waals surface area contributed by atoms with Gasteiger partial charge in [0, 0.05) is 17.1 Å². The van der Waals surface area contributed by atoms with Gasteiger partial charge in [-0.3, -0.25) is 0 Å². The van der Waals surface area contributed by atoms with Gasteiger partial charge in [0.2, 0.25) is 0 Å². The first-order valence-electron chi connectivity index (χ1n) is 16.2. The Morgan fingerprint density at radius 3 is 1.42 bits per heavy atom. The zero-order valence-corrected chi connectivity index (χ0v) is 27.4. The second-order valence-corrected chi connectivity index (χ2v) is 12.4. The van der Waals surface area contributed by atoms with Crippen molar-refractivity contribution in [3.05, 3.63) is 174 Å². The lowest BCUT2D eigenvalue weighted by atomic mass is 9.92. The molecule has 7 rings (SSSR count). The maximum absolute atomic E-state index is 13.8. The van der Waals surface area contributed by atoms with Gasteiger partial charge in [-0.2, -0.15) is 39.5 Å². The first-order chi connectivity index (χ1) is 25.1. The van der Waals surface area contributed by atoms with E-state index in [0.717, 1.165) is 45.2 Å². The minimum Gasteiger partial charge on any atom is -0.310 e. The molecular formula is C43H26F9N. The van der Waals surface area contributed by atoms with E-state index >= 15 is 0 Å². The van der Waals surface area contributed by atoms with E-state index in [2.05, 4.69) is 0 Å². The van der Waals surface area contributed by atoms with Gasteiger partial charge in [0.25, 0.3) is 0 Å². The molecule has 0 atom stereocenters. The molecule has 0 aromatic heterocycles. The summed E-state index contributed by atoms with van der Waals surface area (Å²) in [7, 11) is 0. The highest BCUT2D eigenvalue weighted by Gasteiger charge is 2.37. The van der Waals surface area contributed by atoms with Gasteiger partial charge in [0.05, 0.1) is 16.7 Å². The lowest BCUT2D eigenvalue weighted by molar-refractivity contribution is -0.143. The molecule has 53 heavy (non-hydrogen) atoms. The average Bonchev–Trinajstić information content (AvgIpc) is 3.14. The van der Waals surface area contributed by atoms with Gasteiger partial charge in [-0.15, -0.1) is 0 Å². The number of rotatable bonds is 6. The van der Waals surface area contributed by atoms with E-state index in [4.69, 9.17) is 0 Å². The van der Waals surface area contributed by atoms with Gasteiger partial charge >= 0.3 is 18.5 Å². The van der Waals surface area contributed by atoms with Crippen molar-refractivity contribution >= 4 is 27.8 Å². The first kappa shape index (κ1) is 35.4.